The van der Waals surface area contributed by atoms with E-state index < -0.39 is 5.97 Å². The number of carbonyl (C=O) groups is 1. The van der Waals surface area contributed by atoms with Gasteiger partial charge in [-0.05, 0) is 18.6 Å². The standard InChI is InChI=1S/C10H14N2O2/c1-4-7-8(11-2)5-6-9(12-7)10(13)14-3/h5-6,11H,4H2,1-3H3. The average Bonchev–Trinajstić information content (AvgIpc) is 2.26. The molecule has 1 rings (SSSR count). The lowest BCUT2D eigenvalue weighted by Crippen LogP contribution is -2.07. The molecule has 0 unspecified atom stereocenters. The number of methoxy groups -OCH3 is 1. The molecule has 0 aliphatic carbocycles. The molecule has 0 atom stereocenters. The molecule has 1 aromatic heterocycles. The van der Waals surface area contributed by atoms with E-state index >= 15 is 0 Å². The molecule has 4 nitrogen and oxygen atoms in total. The SMILES string of the molecule is CCc1nc(C(=O)OC)ccc1NC. The van der Waals surface area contributed by atoms with Gasteiger partial charge in [0, 0.05) is 7.05 Å². The van der Waals surface area contributed by atoms with Crippen molar-refractivity contribution in [3.63, 3.8) is 0 Å². The van der Waals surface area contributed by atoms with Crippen LogP contribution in [0.1, 0.15) is 23.1 Å². The molecule has 0 spiro atoms. The third-order valence-corrected chi connectivity index (χ3v) is 1.97. The number of rotatable bonds is 3. The normalized spacial score (nSPS) is 9.64. The number of hydrogen-bond donors (Lipinski definition) is 1. The van der Waals surface area contributed by atoms with E-state index in [-0.39, 0.29) is 0 Å². The van der Waals surface area contributed by atoms with Crippen molar-refractivity contribution in [1.82, 2.24) is 4.98 Å². The van der Waals surface area contributed by atoms with Crippen molar-refractivity contribution in [1.29, 1.82) is 0 Å². The molecule has 0 radical (unpaired) electrons. The highest BCUT2D eigenvalue weighted by molar-refractivity contribution is 5.87. The molecule has 0 saturated heterocycles. The van der Waals surface area contributed by atoms with E-state index in [2.05, 4.69) is 15.0 Å². The molecule has 0 aliphatic rings. The Bertz CT molecular complexity index is 337. The molecule has 1 heterocycles. The summed E-state index contributed by atoms with van der Waals surface area (Å²) in [5.74, 6) is -0.401. The lowest BCUT2D eigenvalue weighted by molar-refractivity contribution is 0.0594. The first-order chi connectivity index (χ1) is 6.72. The predicted octanol–water partition coefficient (Wildman–Crippen LogP) is 1.47. The topological polar surface area (TPSA) is 51.2 Å². The Morgan fingerprint density at radius 2 is 2.29 bits per heavy atom. The number of carbonyl (C=O) groups excluding carboxylic acids is 1. The molecule has 0 saturated carbocycles. The van der Waals surface area contributed by atoms with Gasteiger partial charge < -0.3 is 10.1 Å². The third kappa shape index (κ3) is 2.02. The number of aryl methyl sites for hydroxylation is 1. The van der Waals surface area contributed by atoms with Crippen LogP contribution in [0, 0.1) is 0 Å². The summed E-state index contributed by atoms with van der Waals surface area (Å²) in [6.45, 7) is 1.99. The van der Waals surface area contributed by atoms with Crippen molar-refractivity contribution in [3.8, 4) is 0 Å². The minimum Gasteiger partial charge on any atom is -0.464 e. The summed E-state index contributed by atoms with van der Waals surface area (Å²) >= 11 is 0. The fourth-order valence-electron chi connectivity index (χ4n) is 1.22. The number of nitrogens with zero attached hydrogens (tertiary/aromatic N) is 1. The van der Waals surface area contributed by atoms with E-state index in [1.54, 1.807) is 6.07 Å². The summed E-state index contributed by atoms with van der Waals surface area (Å²) in [5.41, 5.74) is 2.17. The maximum absolute atomic E-state index is 11.2. The Kier molecular flexibility index (Phi) is 3.45. The number of nitrogens with one attached hydrogen (secondary N) is 1. The second-order valence-corrected chi connectivity index (χ2v) is 2.79. The second kappa shape index (κ2) is 4.60. The van der Waals surface area contributed by atoms with Crippen molar-refractivity contribution in [3.05, 3.63) is 23.5 Å². The van der Waals surface area contributed by atoms with Crippen LogP contribution in [0.4, 0.5) is 5.69 Å². The van der Waals surface area contributed by atoms with E-state index in [0.717, 1.165) is 17.8 Å². The number of esters is 1. The van der Waals surface area contributed by atoms with E-state index in [0.29, 0.717) is 5.69 Å². The van der Waals surface area contributed by atoms with Crippen LogP contribution in [-0.4, -0.2) is 25.1 Å². The molecule has 76 valence electrons. The van der Waals surface area contributed by atoms with Gasteiger partial charge in [-0.15, -0.1) is 0 Å². The van der Waals surface area contributed by atoms with Crippen LogP contribution >= 0.6 is 0 Å². The first-order valence-electron chi connectivity index (χ1n) is 4.49. The molecule has 14 heavy (non-hydrogen) atoms. The monoisotopic (exact) mass is 194 g/mol. The van der Waals surface area contributed by atoms with Gasteiger partial charge in [-0.1, -0.05) is 6.92 Å². The Morgan fingerprint density at radius 3 is 2.79 bits per heavy atom. The van der Waals surface area contributed by atoms with Gasteiger partial charge in [-0.25, -0.2) is 9.78 Å². The van der Waals surface area contributed by atoms with Crippen molar-refractivity contribution in [2.24, 2.45) is 0 Å². The van der Waals surface area contributed by atoms with Crippen molar-refractivity contribution in [2.45, 2.75) is 13.3 Å². The minimum atomic E-state index is -0.401. The molecule has 0 amide bonds. The van der Waals surface area contributed by atoms with Gasteiger partial charge in [0.25, 0.3) is 0 Å². The van der Waals surface area contributed by atoms with Gasteiger partial charge in [0.1, 0.15) is 5.69 Å². The summed E-state index contributed by atoms with van der Waals surface area (Å²) in [6.07, 6.45) is 0.779. The number of ether oxygens (including phenoxy) is 1. The molecular weight excluding hydrogens is 180 g/mol. The number of anilines is 1. The zero-order chi connectivity index (χ0) is 10.6. The molecule has 0 fully saturated rings. The number of hydrogen-bond acceptors (Lipinski definition) is 4. The van der Waals surface area contributed by atoms with Crippen LogP contribution in [0.3, 0.4) is 0 Å². The lowest BCUT2D eigenvalue weighted by Gasteiger charge is -2.07. The lowest BCUT2D eigenvalue weighted by atomic mass is 10.2. The molecule has 0 bridgehead atoms. The highest BCUT2D eigenvalue weighted by Crippen LogP contribution is 2.14. The quantitative estimate of drug-likeness (QED) is 0.740. The van der Waals surface area contributed by atoms with Crippen LogP contribution in [0.5, 0.6) is 0 Å². The third-order valence-electron chi connectivity index (χ3n) is 1.97. The van der Waals surface area contributed by atoms with Gasteiger partial charge in [0.15, 0.2) is 0 Å². The van der Waals surface area contributed by atoms with Crippen molar-refractivity contribution >= 4 is 11.7 Å². The molecule has 1 N–H and O–H groups in total. The second-order valence-electron chi connectivity index (χ2n) is 2.79. The van der Waals surface area contributed by atoms with Crippen molar-refractivity contribution < 1.29 is 9.53 Å². The summed E-state index contributed by atoms with van der Waals surface area (Å²) in [5, 5.41) is 3.02. The molecule has 0 aromatic carbocycles. The number of pyridine rings is 1. The summed E-state index contributed by atoms with van der Waals surface area (Å²) in [6, 6.07) is 3.48. The van der Waals surface area contributed by atoms with E-state index in [1.807, 2.05) is 20.0 Å². The zero-order valence-corrected chi connectivity index (χ0v) is 8.63. The molecule has 4 heteroatoms. The Hall–Kier alpha value is -1.58. The van der Waals surface area contributed by atoms with Crippen LogP contribution in [-0.2, 0) is 11.2 Å². The Morgan fingerprint density at radius 1 is 1.57 bits per heavy atom. The van der Waals surface area contributed by atoms with E-state index in [1.165, 1.54) is 7.11 Å². The van der Waals surface area contributed by atoms with Crippen LogP contribution < -0.4 is 5.32 Å². The largest absolute Gasteiger partial charge is 0.464 e. The predicted molar refractivity (Wildman–Crippen MR) is 54.5 cm³/mol. The highest BCUT2D eigenvalue weighted by Gasteiger charge is 2.09. The molecule has 0 aliphatic heterocycles. The molecule has 1 aromatic rings. The van der Waals surface area contributed by atoms with Gasteiger partial charge in [-0.3, -0.25) is 0 Å². The van der Waals surface area contributed by atoms with Crippen LogP contribution in [0.2, 0.25) is 0 Å². The van der Waals surface area contributed by atoms with Crippen LogP contribution in [0.25, 0.3) is 0 Å². The van der Waals surface area contributed by atoms with E-state index in [4.69, 9.17) is 0 Å². The fourth-order valence-corrected chi connectivity index (χ4v) is 1.22. The first-order valence-corrected chi connectivity index (χ1v) is 4.49. The summed E-state index contributed by atoms with van der Waals surface area (Å²) in [7, 11) is 3.18. The summed E-state index contributed by atoms with van der Waals surface area (Å²) in [4.78, 5) is 15.4. The fraction of sp³-hybridized carbons (Fsp3) is 0.400. The summed E-state index contributed by atoms with van der Waals surface area (Å²) < 4.78 is 4.59. The zero-order valence-electron chi connectivity index (χ0n) is 8.63. The Labute approximate surface area is 83.3 Å². The van der Waals surface area contributed by atoms with Gasteiger partial charge in [0.05, 0.1) is 18.5 Å². The number of aromatic nitrogens is 1. The Balaban J connectivity index is 3.07. The van der Waals surface area contributed by atoms with Gasteiger partial charge in [0.2, 0.25) is 0 Å². The van der Waals surface area contributed by atoms with Crippen molar-refractivity contribution in [2.75, 3.05) is 19.5 Å². The van der Waals surface area contributed by atoms with E-state index in [9.17, 15) is 4.79 Å². The first kappa shape index (κ1) is 10.5. The van der Waals surface area contributed by atoms with Crippen LogP contribution in [0.15, 0.2) is 12.1 Å². The highest BCUT2D eigenvalue weighted by atomic mass is 16.5. The van der Waals surface area contributed by atoms with Gasteiger partial charge in [-0.2, -0.15) is 0 Å². The van der Waals surface area contributed by atoms with Gasteiger partial charge >= 0.3 is 5.97 Å². The maximum atomic E-state index is 11.2. The average molecular weight is 194 g/mol. The smallest absolute Gasteiger partial charge is 0.356 e. The maximum Gasteiger partial charge on any atom is 0.356 e. The molecular formula is C10H14N2O2. The minimum absolute atomic E-state index is 0.350.